The fraction of sp³-hybridized carbons (Fsp3) is 1.00. The summed E-state index contributed by atoms with van der Waals surface area (Å²) < 4.78 is 0. The second kappa shape index (κ2) is 10.1. The second-order valence-corrected chi connectivity index (χ2v) is 9.65. The van der Waals surface area contributed by atoms with Crippen LogP contribution in [0, 0.1) is 5.92 Å². The monoisotopic (exact) mass is 378 g/mol. The minimum Gasteiger partial charge on any atom is -0.0729 e. The van der Waals surface area contributed by atoms with E-state index in [4.69, 9.17) is 0 Å². The van der Waals surface area contributed by atoms with Crippen molar-refractivity contribution in [2.24, 2.45) is 5.92 Å². The van der Waals surface area contributed by atoms with Crippen molar-refractivity contribution in [1.82, 2.24) is 0 Å². The molecule has 0 amide bonds. The molecule has 4 heteroatoms. The van der Waals surface area contributed by atoms with Crippen LogP contribution in [-0.4, -0.2) is 21.4 Å². The van der Waals surface area contributed by atoms with Crippen LogP contribution in [0.1, 0.15) is 64.7 Å². The minimum atomic E-state index is 0.875. The van der Waals surface area contributed by atoms with Gasteiger partial charge < -0.3 is 0 Å². The summed E-state index contributed by atoms with van der Waals surface area (Å²) in [7, 11) is 4.88. The molecule has 0 N–H and O–H groups in total. The topological polar surface area (TPSA) is 0 Å². The average molecular weight is 378 g/mol. The number of halogens is 1. The zero-order valence-electron chi connectivity index (χ0n) is 12.6. The summed E-state index contributed by atoms with van der Waals surface area (Å²) in [6, 6.07) is 0. The van der Waals surface area contributed by atoms with Gasteiger partial charge in [0, 0.05) is 0 Å². The largest absolute Gasteiger partial charge is 0.105 e. The molecule has 0 aromatic carbocycles. The lowest BCUT2D eigenvalue weighted by Gasteiger charge is -2.27. The van der Waals surface area contributed by atoms with Crippen molar-refractivity contribution in [1.29, 1.82) is 0 Å². The van der Waals surface area contributed by atoms with E-state index in [1.807, 2.05) is 0 Å². The van der Waals surface area contributed by atoms with Gasteiger partial charge in [0.25, 0.3) is 0 Å². The molecule has 0 aromatic rings. The highest BCUT2D eigenvalue weighted by molar-refractivity contribution is 14.2. The van der Waals surface area contributed by atoms with Gasteiger partial charge in [-0.25, -0.2) is 0 Å². The Balaban J connectivity index is 2.37. The van der Waals surface area contributed by atoms with Crippen LogP contribution in [0.3, 0.4) is 0 Å². The molecular weight excluding hydrogens is 348 g/mol. The van der Waals surface area contributed by atoms with E-state index >= 15 is 0 Å². The molecule has 18 heavy (non-hydrogen) atoms. The normalized spacial score (nSPS) is 31.2. The summed E-state index contributed by atoms with van der Waals surface area (Å²) in [6.45, 7) is 2.38. The molecule has 0 aromatic heterocycles. The maximum Gasteiger partial charge on any atom is 0.105 e. The molecule has 3 atom stereocenters. The summed E-state index contributed by atoms with van der Waals surface area (Å²) in [5.41, 5.74) is 1.05. The van der Waals surface area contributed by atoms with Gasteiger partial charge in [0.1, 0.15) is 15.7 Å². The first-order valence-electron chi connectivity index (χ1n) is 7.99. The third-order valence-corrected chi connectivity index (χ3v) is 8.09. The van der Waals surface area contributed by atoms with E-state index in [9.17, 15) is 0 Å². The fourth-order valence-electron chi connectivity index (χ4n) is 3.50. The molecule has 1 aliphatic carbocycles. The van der Waals surface area contributed by atoms with Crippen LogP contribution in [0.4, 0.5) is 0 Å². The van der Waals surface area contributed by atoms with Crippen LogP contribution in [0.5, 0.6) is 0 Å². The van der Waals surface area contributed by atoms with E-state index in [0.29, 0.717) is 0 Å². The summed E-state index contributed by atoms with van der Waals surface area (Å²) >= 11 is 2.61. The molecule has 3 unspecified atom stereocenters. The van der Waals surface area contributed by atoms with Gasteiger partial charge in [0.05, 0.1) is 0 Å². The van der Waals surface area contributed by atoms with E-state index in [1.54, 1.807) is 0 Å². The van der Waals surface area contributed by atoms with E-state index in [-0.39, 0.29) is 0 Å². The van der Waals surface area contributed by atoms with Gasteiger partial charge in [-0.2, -0.15) is 0 Å². The third-order valence-electron chi connectivity index (χ3n) is 4.56. The third kappa shape index (κ3) is 7.17. The Kier molecular flexibility index (Phi) is 9.71. The molecule has 1 saturated carbocycles. The van der Waals surface area contributed by atoms with Crippen LogP contribution in [-0.2, 0) is 0 Å². The van der Waals surface area contributed by atoms with Crippen LogP contribution in [0.25, 0.3) is 0 Å². The molecule has 0 radical (unpaired) electrons. The molecule has 1 fully saturated rings. The Morgan fingerprint density at radius 1 is 1.06 bits per heavy atom. The van der Waals surface area contributed by atoms with Crippen LogP contribution >= 0.6 is 28.3 Å². The van der Waals surface area contributed by atoms with E-state index in [0.717, 1.165) is 29.4 Å². The van der Waals surface area contributed by atoms with E-state index in [2.05, 4.69) is 44.7 Å². The van der Waals surface area contributed by atoms with Crippen molar-refractivity contribution < 1.29 is 0 Å². The summed E-state index contributed by atoms with van der Waals surface area (Å²) in [6.07, 6.45) is 14.6. The molecular formula is C14H30B2IP. The maximum absolute atomic E-state index is 2.61. The minimum absolute atomic E-state index is 0.875. The standard InChI is InChI=1S/C14H30B2IP/c1-11(15)10-14(16)12-6-2-4-8-13(18-17)9-5-3-7-12/h11-14,18H,2-10,15-16H2,1H3. The highest BCUT2D eigenvalue weighted by Crippen LogP contribution is 2.38. The van der Waals surface area contributed by atoms with Gasteiger partial charge in [0.2, 0.25) is 0 Å². The first kappa shape index (κ1) is 17.3. The molecule has 0 nitrogen and oxygen atoms in total. The highest BCUT2D eigenvalue weighted by Gasteiger charge is 2.19. The van der Waals surface area contributed by atoms with Crippen molar-refractivity contribution in [3.63, 3.8) is 0 Å². The summed E-state index contributed by atoms with van der Waals surface area (Å²) in [5, 5.41) is 0. The summed E-state index contributed by atoms with van der Waals surface area (Å²) in [5.74, 6) is 2.85. The lowest BCUT2D eigenvalue weighted by molar-refractivity contribution is 0.362. The highest BCUT2D eigenvalue weighted by atomic mass is 127. The number of rotatable bonds is 4. The molecule has 0 heterocycles. The molecule has 0 saturated heterocycles. The molecule has 0 bridgehead atoms. The quantitative estimate of drug-likeness (QED) is 0.387. The van der Waals surface area contributed by atoms with Gasteiger partial charge >= 0.3 is 0 Å². The van der Waals surface area contributed by atoms with Crippen LogP contribution in [0.15, 0.2) is 0 Å². The number of hydrogen-bond donors (Lipinski definition) is 0. The SMILES string of the molecule is BC(C)CC(B)C1CCCCC(PI)CCCC1. The van der Waals surface area contributed by atoms with Crippen molar-refractivity contribution >= 4 is 44.0 Å². The van der Waals surface area contributed by atoms with Crippen LogP contribution < -0.4 is 0 Å². The van der Waals surface area contributed by atoms with Gasteiger partial charge in [-0.3, -0.25) is 0 Å². The zero-order valence-corrected chi connectivity index (χ0v) is 15.7. The first-order valence-corrected chi connectivity index (χ1v) is 12.2. The zero-order chi connectivity index (χ0) is 13.4. The van der Waals surface area contributed by atoms with Crippen molar-refractivity contribution in [3.8, 4) is 0 Å². The lowest BCUT2D eigenvalue weighted by Crippen LogP contribution is -2.13. The van der Waals surface area contributed by atoms with Gasteiger partial charge in [-0.05, 0) is 24.4 Å². The molecule has 0 spiro atoms. The molecule has 0 aliphatic heterocycles. The maximum atomic E-state index is 2.61. The van der Waals surface area contributed by atoms with E-state index < -0.39 is 0 Å². The van der Waals surface area contributed by atoms with Crippen molar-refractivity contribution in [2.75, 3.05) is 0 Å². The first-order chi connectivity index (χ1) is 8.63. The smallest absolute Gasteiger partial charge is 0.0729 e. The van der Waals surface area contributed by atoms with E-state index in [1.165, 1.54) is 57.8 Å². The fourth-order valence-corrected chi connectivity index (χ4v) is 5.99. The van der Waals surface area contributed by atoms with Gasteiger partial charge in [-0.1, -0.05) is 91.8 Å². The average Bonchev–Trinajstić information content (AvgIpc) is 2.34. The molecule has 104 valence electrons. The number of hydrogen-bond acceptors (Lipinski definition) is 0. The predicted molar refractivity (Wildman–Crippen MR) is 101 cm³/mol. The lowest BCUT2D eigenvalue weighted by atomic mass is 9.65. The summed E-state index contributed by atoms with van der Waals surface area (Å²) in [4.78, 5) is 0. The molecule has 1 rings (SSSR count). The Morgan fingerprint density at radius 2 is 1.56 bits per heavy atom. The Bertz CT molecular complexity index is 202. The Labute approximate surface area is 131 Å². The Morgan fingerprint density at radius 3 is 2.00 bits per heavy atom. The predicted octanol–water partition coefficient (Wildman–Crippen LogP) is 4.39. The van der Waals surface area contributed by atoms with Crippen molar-refractivity contribution in [2.45, 2.75) is 82.0 Å². The molecule has 1 aliphatic rings. The Hall–Kier alpha value is 1.29. The van der Waals surface area contributed by atoms with Gasteiger partial charge in [-0.15, -0.1) is 0 Å². The van der Waals surface area contributed by atoms with Crippen LogP contribution in [0.2, 0.25) is 11.6 Å². The van der Waals surface area contributed by atoms with Gasteiger partial charge in [0.15, 0.2) is 0 Å². The second-order valence-electron chi connectivity index (χ2n) is 6.74. The van der Waals surface area contributed by atoms with Crippen molar-refractivity contribution in [3.05, 3.63) is 0 Å².